The molecule has 0 aliphatic carbocycles. The molecule has 0 amide bonds. The maximum Gasteiger partial charge on any atom is 0.341 e. The molecule has 0 aliphatic rings. The van der Waals surface area contributed by atoms with E-state index in [0.717, 1.165) is 29.2 Å². The van der Waals surface area contributed by atoms with Crippen molar-refractivity contribution in [3.05, 3.63) is 71.5 Å². The molecule has 6 nitrogen and oxygen atoms in total. The molecule has 3 rings (SSSR count). The molecule has 1 heterocycles. The summed E-state index contributed by atoms with van der Waals surface area (Å²) in [4.78, 5) is 17.6. The van der Waals surface area contributed by atoms with Crippen LogP contribution in [0.4, 0.5) is 0 Å². The highest BCUT2D eigenvalue weighted by Gasteiger charge is 2.23. The van der Waals surface area contributed by atoms with Gasteiger partial charge in [-0.25, -0.2) is 4.79 Å². The van der Waals surface area contributed by atoms with Crippen molar-refractivity contribution in [1.82, 2.24) is 4.98 Å². The fourth-order valence-corrected chi connectivity index (χ4v) is 4.41. The Morgan fingerprint density at radius 2 is 1.67 bits per heavy atom. The molecule has 0 saturated carbocycles. The number of pyridine rings is 1. The first-order chi connectivity index (χ1) is 15.6. The van der Waals surface area contributed by atoms with Gasteiger partial charge in [-0.1, -0.05) is 48.4 Å². The van der Waals surface area contributed by atoms with Crippen molar-refractivity contribution < 1.29 is 22.1 Å². The molecular weight excluding hydrogens is 438 g/mol. The second-order valence-electron chi connectivity index (χ2n) is 9.07. The third-order valence-electron chi connectivity index (χ3n) is 5.09. The number of ether oxygens (including phenoxy) is 1. The lowest BCUT2D eigenvalue weighted by Crippen LogP contribution is -2.25. The second kappa shape index (κ2) is 10.4. The minimum absolute atomic E-state index is 0.111. The molecule has 7 heteroatoms. The molecule has 1 aromatic heterocycles. The van der Waals surface area contributed by atoms with Gasteiger partial charge >= 0.3 is 5.97 Å². The predicted molar refractivity (Wildman–Crippen MR) is 129 cm³/mol. The van der Waals surface area contributed by atoms with Gasteiger partial charge in [-0.15, -0.1) is 0 Å². The van der Waals surface area contributed by atoms with E-state index in [9.17, 15) is 13.2 Å². The summed E-state index contributed by atoms with van der Waals surface area (Å²) < 4.78 is 35.3. The number of aromatic nitrogens is 1. The van der Waals surface area contributed by atoms with Gasteiger partial charge in [0.1, 0.15) is 5.60 Å². The highest BCUT2D eigenvalue weighted by molar-refractivity contribution is 7.86. The maximum absolute atomic E-state index is 12.9. The minimum atomic E-state index is -3.75. The molecule has 0 radical (unpaired) electrons. The number of rotatable bonds is 9. The van der Waals surface area contributed by atoms with Crippen molar-refractivity contribution in [2.24, 2.45) is 0 Å². The monoisotopic (exact) mass is 469 g/mol. The predicted octanol–water partition coefficient (Wildman–Crippen LogP) is 5.62. The number of carbonyl (C=O) groups excluding carboxylic acids is 1. The number of nitrogens with zero attached hydrogens (tertiary/aromatic N) is 1. The fourth-order valence-electron chi connectivity index (χ4n) is 3.46. The molecular formula is C26H31NO5S. The van der Waals surface area contributed by atoms with Crippen LogP contribution < -0.4 is 0 Å². The van der Waals surface area contributed by atoms with Crippen LogP contribution in [0.3, 0.4) is 0 Å². The van der Waals surface area contributed by atoms with E-state index in [4.69, 9.17) is 8.92 Å². The zero-order chi connectivity index (χ0) is 24.1. The molecule has 0 aliphatic heterocycles. The van der Waals surface area contributed by atoms with Gasteiger partial charge in [0.05, 0.1) is 22.8 Å². The highest BCUT2D eigenvalue weighted by Crippen LogP contribution is 2.25. The lowest BCUT2D eigenvalue weighted by Gasteiger charge is -2.21. The molecule has 3 aromatic rings. The topological polar surface area (TPSA) is 82.6 Å². The van der Waals surface area contributed by atoms with Gasteiger partial charge in [-0.05, 0) is 64.5 Å². The number of unbranched alkanes of at least 4 members (excludes halogenated alkanes) is 2. The summed E-state index contributed by atoms with van der Waals surface area (Å²) in [5.41, 5.74) is 1.57. The van der Waals surface area contributed by atoms with Gasteiger partial charge in [0.25, 0.3) is 10.1 Å². The van der Waals surface area contributed by atoms with Gasteiger partial charge in [-0.3, -0.25) is 9.17 Å². The normalized spacial score (nSPS) is 12.1. The highest BCUT2D eigenvalue weighted by atomic mass is 32.2. The van der Waals surface area contributed by atoms with Gasteiger partial charge in [0, 0.05) is 11.6 Å². The van der Waals surface area contributed by atoms with E-state index in [2.05, 4.69) is 4.98 Å². The fraction of sp³-hybridized carbons (Fsp3) is 0.385. The molecule has 0 saturated heterocycles. The van der Waals surface area contributed by atoms with E-state index in [0.29, 0.717) is 24.1 Å². The summed E-state index contributed by atoms with van der Waals surface area (Å²) in [7, 11) is -3.75. The van der Waals surface area contributed by atoms with Crippen molar-refractivity contribution in [2.75, 3.05) is 6.61 Å². The van der Waals surface area contributed by atoms with Crippen LogP contribution >= 0.6 is 0 Å². The molecule has 176 valence electrons. The summed E-state index contributed by atoms with van der Waals surface area (Å²) in [6.07, 6.45) is 4.43. The number of hydrogen-bond acceptors (Lipinski definition) is 6. The zero-order valence-electron chi connectivity index (χ0n) is 19.6. The summed E-state index contributed by atoms with van der Waals surface area (Å²) in [5, 5.41) is 1.71. The van der Waals surface area contributed by atoms with Crippen molar-refractivity contribution in [3.8, 4) is 0 Å². The molecule has 0 bridgehead atoms. The number of carbonyl (C=O) groups is 1. The number of hydrogen-bond donors (Lipinski definition) is 0. The molecule has 0 spiro atoms. The first-order valence-electron chi connectivity index (χ1n) is 11.1. The average molecular weight is 470 g/mol. The van der Waals surface area contributed by atoms with Crippen LogP contribution in [0.15, 0.2) is 59.6 Å². The van der Waals surface area contributed by atoms with Crippen molar-refractivity contribution in [3.63, 3.8) is 0 Å². The number of aryl methyl sites for hydroxylation is 2. The van der Waals surface area contributed by atoms with Crippen LogP contribution in [-0.2, 0) is 25.5 Å². The Balaban J connectivity index is 1.60. The van der Waals surface area contributed by atoms with Gasteiger partial charge in [0.2, 0.25) is 0 Å². The summed E-state index contributed by atoms with van der Waals surface area (Å²) in [6.45, 7) is 7.53. The van der Waals surface area contributed by atoms with E-state index >= 15 is 0 Å². The summed E-state index contributed by atoms with van der Waals surface area (Å²) in [5.74, 6) is -0.380. The van der Waals surface area contributed by atoms with Gasteiger partial charge in [0.15, 0.2) is 0 Å². The zero-order valence-corrected chi connectivity index (χ0v) is 20.4. The van der Waals surface area contributed by atoms with Crippen molar-refractivity contribution >= 4 is 26.9 Å². The second-order valence-corrected chi connectivity index (χ2v) is 10.7. The van der Waals surface area contributed by atoms with Crippen LogP contribution in [-0.4, -0.2) is 31.6 Å². The van der Waals surface area contributed by atoms with Crippen LogP contribution in [0.2, 0.25) is 0 Å². The quantitative estimate of drug-likeness (QED) is 0.230. The van der Waals surface area contributed by atoms with Crippen LogP contribution in [0.1, 0.15) is 61.6 Å². The lowest BCUT2D eigenvalue weighted by atomic mass is 10.0. The van der Waals surface area contributed by atoms with Crippen LogP contribution in [0.25, 0.3) is 10.8 Å². The molecule has 0 fully saturated rings. The third-order valence-corrected chi connectivity index (χ3v) is 6.41. The van der Waals surface area contributed by atoms with E-state index in [1.807, 2.05) is 52.0 Å². The van der Waals surface area contributed by atoms with Gasteiger partial charge < -0.3 is 4.74 Å². The standard InChI is InChI=1S/C26H31NO5S/c1-19-13-15-21(16-14-19)33(29,30)31-17-9-5-6-12-23-24(25(28)32-26(2,3)4)22-11-8-7-10-20(22)18-27-23/h7-8,10-11,13-16,18H,5-6,9,12,17H2,1-4H3. The molecule has 0 atom stereocenters. The smallest absolute Gasteiger partial charge is 0.341 e. The SMILES string of the molecule is Cc1ccc(S(=O)(=O)OCCCCCc2ncc3ccccc3c2C(=O)OC(C)(C)C)cc1. The summed E-state index contributed by atoms with van der Waals surface area (Å²) >= 11 is 0. The Hall–Kier alpha value is -2.77. The van der Waals surface area contributed by atoms with Crippen molar-refractivity contribution in [1.29, 1.82) is 0 Å². The first kappa shape index (κ1) is 24.9. The van der Waals surface area contributed by atoms with Crippen LogP contribution in [0, 0.1) is 6.92 Å². The minimum Gasteiger partial charge on any atom is -0.456 e. The summed E-state index contributed by atoms with van der Waals surface area (Å²) in [6, 6.07) is 14.2. The third kappa shape index (κ3) is 6.85. The maximum atomic E-state index is 12.9. The number of benzene rings is 2. The average Bonchev–Trinajstić information content (AvgIpc) is 2.74. The van der Waals surface area contributed by atoms with E-state index in [1.54, 1.807) is 30.5 Å². The Labute approximate surface area is 196 Å². The molecule has 2 aromatic carbocycles. The Bertz CT molecular complexity index is 1210. The van der Waals surface area contributed by atoms with E-state index in [1.165, 1.54) is 0 Å². The molecule has 0 unspecified atom stereocenters. The lowest BCUT2D eigenvalue weighted by molar-refractivity contribution is 0.00700. The van der Waals surface area contributed by atoms with Gasteiger partial charge in [-0.2, -0.15) is 8.42 Å². The van der Waals surface area contributed by atoms with E-state index in [-0.39, 0.29) is 17.5 Å². The van der Waals surface area contributed by atoms with Crippen LogP contribution in [0.5, 0.6) is 0 Å². The first-order valence-corrected chi connectivity index (χ1v) is 12.5. The Morgan fingerprint density at radius 1 is 0.970 bits per heavy atom. The van der Waals surface area contributed by atoms with Crippen molar-refractivity contribution in [2.45, 2.75) is 63.9 Å². The largest absolute Gasteiger partial charge is 0.456 e. The Kier molecular flexibility index (Phi) is 7.87. The van der Waals surface area contributed by atoms with E-state index < -0.39 is 15.7 Å². The number of fused-ring (bicyclic) bond motifs is 1. The molecule has 0 N–H and O–H groups in total. The number of esters is 1. The molecule has 33 heavy (non-hydrogen) atoms. The Morgan fingerprint density at radius 3 is 2.36 bits per heavy atom.